The molecule has 0 aliphatic heterocycles. The molecule has 1 unspecified atom stereocenters. The molecule has 0 fully saturated rings. The predicted octanol–water partition coefficient (Wildman–Crippen LogP) is 3.92. The SMILES string of the molecule is CCCCCCCCCCCCOC(=O)C(C)O[C]=O. The predicted molar refractivity (Wildman–Crippen MR) is 79.0 cm³/mol. The summed E-state index contributed by atoms with van der Waals surface area (Å²) >= 11 is 0. The van der Waals surface area contributed by atoms with Gasteiger partial charge < -0.3 is 9.47 Å². The van der Waals surface area contributed by atoms with Crippen molar-refractivity contribution in [1.29, 1.82) is 0 Å². The van der Waals surface area contributed by atoms with Gasteiger partial charge >= 0.3 is 12.4 Å². The molecule has 0 saturated carbocycles. The molecule has 0 aliphatic carbocycles. The molecule has 0 heterocycles. The molecule has 1 radical (unpaired) electrons. The van der Waals surface area contributed by atoms with E-state index in [1.165, 1.54) is 64.8 Å². The molecule has 0 bridgehead atoms. The van der Waals surface area contributed by atoms with E-state index in [9.17, 15) is 9.59 Å². The molecule has 0 aliphatic rings. The maximum atomic E-state index is 11.3. The van der Waals surface area contributed by atoms with Gasteiger partial charge in [-0.1, -0.05) is 64.7 Å². The summed E-state index contributed by atoms with van der Waals surface area (Å²) in [6, 6.07) is 0. The number of rotatable bonds is 14. The molecule has 0 amide bonds. The van der Waals surface area contributed by atoms with E-state index in [1.54, 1.807) is 0 Å². The summed E-state index contributed by atoms with van der Waals surface area (Å²) in [6.07, 6.45) is 11.6. The molecule has 0 aromatic heterocycles. The minimum Gasteiger partial charge on any atom is -0.463 e. The van der Waals surface area contributed by atoms with Gasteiger partial charge in [-0.2, -0.15) is 0 Å². The van der Waals surface area contributed by atoms with Crippen LogP contribution in [0.1, 0.15) is 78.1 Å². The fourth-order valence-electron chi connectivity index (χ4n) is 2.00. The Kier molecular flexibility index (Phi) is 13.6. The second kappa shape index (κ2) is 14.4. The van der Waals surface area contributed by atoms with Crippen molar-refractivity contribution >= 4 is 12.4 Å². The van der Waals surface area contributed by atoms with Gasteiger partial charge in [-0.05, 0) is 13.3 Å². The summed E-state index contributed by atoms with van der Waals surface area (Å²) in [5.74, 6) is -0.496. The highest BCUT2D eigenvalue weighted by Gasteiger charge is 2.14. The molecule has 1 atom stereocenters. The maximum Gasteiger partial charge on any atom is 0.418 e. The second-order valence-corrected chi connectivity index (χ2v) is 5.19. The highest BCUT2D eigenvalue weighted by atomic mass is 16.6. The summed E-state index contributed by atoms with van der Waals surface area (Å²) in [5.41, 5.74) is 0. The van der Waals surface area contributed by atoms with E-state index in [0.717, 1.165) is 12.8 Å². The lowest BCUT2D eigenvalue weighted by Gasteiger charge is -2.08. The van der Waals surface area contributed by atoms with Gasteiger partial charge in [0.05, 0.1) is 6.61 Å². The Bertz CT molecular complexity index is 241. The molecule has 0 saturated heterocycles. The van der Waals surface area contributed by atoms with Crippen LogP contribution in [0.5, 0.6) is 0 Å². The smallest absolute Gasteiger partial charge is 0.418 e. The lowest BCUT2D eigenvalue weighted by Crippen LogP contribution is -2.23. The van der Waals surface area contributed by atoms with Crippen LogP contribution in [0.25, 0.3) is 0 Å². The van der Waals surface area contributed by atoms with Gasteiger partial charge in [-0.25, -0.2) is 9.59 Å². The first-order valence-electron chi connectivity index (χ1n) is 7.91. The zero-order chi connectivity index (χ0) is 15.1. The maximum absolute atomic E-state index is 11.3. The first kappa shape index (κ1) is 18.9. The number of hydrogen-bond donors (Lipinski definition) is 0. The van der Waals surface area contributed by atoms with Gasteiger partial charge in [0.25, 0.3) is 0 Å². The van der Waals surface area contributed by atoms with Crippen molar-refractivity contribution < 1.29 is 19.1 Å². The Balaban J connectivity index is 3.20. The summed E-state index contributed by atoms with van der Waals surface area (Å²) in [4.78, 5) is 21.2. The van der Waals surface area contributed by atoms with E-state index in [2.05, 4.69) is 11.7 Å². The Labute approximate surface area is 123 Å². The lowest BCUT2D eigenvalue weighted by molar-refractivity contribution is -0.151. The third-order valence-corrected chi connectivity index (χ3v) is 3.30. The Hall–Kier alpha value is -1.06. The summed E-state index contributed by atoms with van der Waals surface area (Å²) in [7, 11) is 0. The molecule has 0 rings (SSSR count). The molecular formula is C16H29O4. The van der Waals surface area contributed by atoms with Crippen LogP contribution < -0.4 is 0 Å². The van der Waals surface area contributed by atoms with Crippen LogP contribution in [0.3, 0.4) is 0 Å². The van der Waals surface area contributed by atoms with Crippen molar-refractivity contribution in [3.05, 3.63) is 0 Å². The lowest BCUT2D eigenvalue weighted by atomic mass is 10.1. The number of unbranched alkanes of at least 4 members (excludes halogenated alkanes) is 9. The third-order valence-electron chi connectivity index (χ3n) is 3.30. The number of hydrogen-bond acceptors (Lipinski definition) is 4. The minimum absolute atomic E-state index is 0.405. The first-order valence-corrected chi connectivity index (χ1v) is 7.91. The molecule has 0 spiro atoms. The van der Waals surface area contributed by atoms with Crippen LogP contribution in [0, 0.1) is 0 Å². The van der Waals surface area contributed by atoms with Crippen LogP contribution in [0.4, 0.5) is 0 Å². The van der Waals surface area contributed by atoms with Crippen LogP contribution >= 0.6 is 0 Å². The molecule has 20 heavy (non-hydrogen) atoms. The standard InChI is InChI=1S/C16H29O4/c1-3-4-5-6-7-8-9-10-11-12-13-19-16(18)15(2)20-14-17/h15H,3-13H2,1-2H3. The average Bonchev–Trinajstić information content (AvgIpc) is 2.44. The molecule has 4 heteroatoms. The molecule has 117 valence electrons. The zero-order valence-corrected chi connectivity index (χ0v) is 13.0. The average molecular weight is 285 g/mol. The van der Waals surface area contributed by atoms with Crippen LogP contribution in [-0.4, -0.2) is 25.2 Å². The summed E-state index contributed by atoms with van der Waals surface area (Å²) in [6.45, 7) is 5.36. The second-order valence-electron chi connectivity index (χ2n) is 5.19. The molecule has 0 aromatic carbocycles. The van der Waals surface area contributed by atoms with Gasteiger partial charge in [0, 0.05) is 0 Å². The van der Waals surface area contributed by atoms with Crippen molar-refractivity contribution in [3.63, 3.8) is 0 Å². The third kappa shape index (κ3) is 12.0. The normalized spacial score (nSPS) is 11.9. The van der Waals surface area contributed by atoms with Crippen LogP contribution in [0.2, 0.25) is 0 Å². The van der Waals surface area contributed by atoms with Crippen molar-refractivity contribution in [2.75, 3.05) is 6.61 Å². The van der Waals surface area contributed by atoms with Gasteiger partial charge in [0.15, 0.2) is 6.10 Å². The topological polar surface area (TPSA) is 52.6 Å². The van der Waals surface area contributed by atoms with E-state index in [0.29, 0.717) is 6.61 Å². The van der Waals surface area contributed by atoms with Crippen molar-refractivity contribution in [2.45, 2.75) is 84.2 Å². The highest BCUT2D eigenvalue weighted by Crippen LogP contribution is 2.10. The van der Waals surface area contributed by atoms with E-state index in [4.69, 9.17) is 4.74 Å². The largest absolute Gasteiger partial charge is 0.463 e. The van der Waals surface area contributed by atoms with Gasteiger partial charge in [-0.15, -0.1) is 0 Å². The van der Waals surface area contributed by atoms with Gasteiger partial charge in [0.1, 0.15) is 0 Å². The van der Waals surface area contributed by atoms with E-state index >= 15 is 0 Å². The Morgan fingerprint density at radius 2 is 1.45 bits per heavy atom. The van der Waals surface area contributed by atoms with Crippen molar-refractivity contribution in [1.82, 2.24) is 0 Å². The minimum atomic E-state index is -0.851. The van der Waals surface area contributed by atoms with Crippen molar-refractivity contribution in [2.24, 2.45) is 0 Å². The fourth-order valence-corrected chi connectivity index (χ4v) is 2.00. The quantitative estimate of drug-likeness (QED) is 0.358. The zero-order valence-electron chi connectivity index (χ0n) is 13.0. The summed E-state index contributed by atoms with van der Waals surface area (Å²) < 4.78 is 9.36. The van der Waals surface area contributed by atoms with E-state index in [-0.39, 0.29) is 0 Å². The Morgan fingerprint density at radius 3 is 1.95 bits per heavy atom. The van der Waals surface area contributed by atoms with Crippen LogP contribution in [0.15, 0.2) is 0 Å². The molecular weight excluding hydrogens is 256 g/mol. The molecule has 4 nitrogen and oxygen atoms in total. The number of ether oxygens (including phenoxy) is 2. The monoisotopic (exact) mass is 285 g/mol. The molecule has 0 N–H and O–H groups in total. The molecule has 0 aromatic rings. The number of esters is 1. The fraction of sp³-hybridized carbons (Fsp3) is 0.875. The summed E-state index contributed by atoms with van der Waals surface area (Å²) in [5, 5.41) is 0. The van der Waals surface area contributed by atoms with Gasteiger partial charge in [0.2, 0.25) is 0 Å². The van der Waals surface area contributed by atoms with E-state index < -0.39 is 12.1 Å². The first-order chi connectivity index (χ1) is 9.72. The Morgan fingerprint density at radius 1 is 0.950 bits per heavy atom. The van der Waals surface area contributed by atoms with E-state index in [1.807, 2.05) is 0 Å². The number of carbonyl (C=O) groups excluding carboxylic acids is 2. The van der Waals surface area contributed by atoms with Crippen LogP contribution in [-0.2, 0) is 19.1 Å². The highest BCUT2D eigenvalue weighted by molar-refractivity contribution is 5.75. The van der Waals surface area contributed by atoms with Gasteiger partial charge in [-0.3, -0.25) is 0 Å². The van der Waals surface area contributed by atoms with Crippen molar-refractivity contribution in [3.8, 4) is 0 Å². The number of carbonyl (C=O) groups is 1.